The first-order valence-corrected chi connectivity index (χ1v) is 31.3. The van der Waals surface area contributed by atoms with E-state index in [0.29, 0.717) is 74.4 Å². The molecule has 87 heavy (non-hydrogen) atoms. The van der Waals surface area contributed by atoms with Crippen molar-refractivity contribution in [1.29, 1.82) is 0 Å². The second-order valence-corrected chi connectivity index (χ2v) is 26.4. The molecule has 436 valence electrons. The fourth-order valence-corrected chi connectivity index (χ4v) is 12.2. The summed E-state index contributed by atoms with van der Waals surface area (Å²) in [5, 5.41) is 19.8. The Hall–Kier alpha value is -10.1. The van der Waals surface area contributed by atoms with E-state index in [0.717, 1.165) is 0 Å². The molecule has 0 aliphatic heterocycles. The van der Waals surface area contributed by atoms with Gasteiger partial charge >= 0.3 is 0 Å². The van der Waals surface area contributed by atoms with E-state index in [9.17, 15) is 35.5 Å². The Balaban J connectivity index is 0.703. The minimum absolute atomic E-state index is 0.00518. The van der Waals surface area contributed by atoms with Crippen molar-refractivity contribution in [3.63, 3.8) is 0 Å². The Labute approximate surface area is 505 Å². The van der Waals surface area contributed by atoms with Gasteiger partial charge in [-0.2, -0.15) is 0 Å². The average Bonchev–Trinajstić information content (AvgIpc) is 1.73. The molecule has 0 aliphatic carbocycles. The number of sulfone groups is 3. The maximum absolute atomic E-state index is 14.0. The van der Waals surface area contributed by atoms with Gasteiger partial charge in [-0.3, -0.25) is 0 Å². The predicted octanol–water partition coefficient (Wildman–Crippen LogP) is 15.2. The zero-order valence-electron chi connectivity index (χ0n) is 47.1. The Morgan fingerprint density at radius 3 is 0.839 bits per heavy atom. The molecule has 0 saturated carbocycles. The molecule has 14 nitrogen and oxygen atoms in total. The third-order valence-electron chi connectivity index (χ3n) is 12.6. The summed E-state index contributed by atoms with van der Waals surface area (Å²) in [6.45, 7) is 6.38. The van der Waals surface area contributed by atoms with Crippen molar-refractivity contribution in [2.75, 3.05) is 0 Å². The van der Waals surface area contributed by atoms with Crippen LogP contribution in [-0.4, -0.2) is 46.7 Å². The minimum Gasteiger partial charge on any atom is -0.457 e. The smallest absolute Gasteiger partial charge is 0.210 e. The number of hydrogen-bond donors (Lipinski definition) is 2. The quantitative estimate of drug-likeness (QED) is 0.0769. The molecule has 10 aromatic carbocycles. The fraction of sp³-hybridized carbons (Fsp3) is 0.0857. The van der Waals surface area contributed by atoms with Crippen LogP contribution in [-0.2, 0) is 29.5 Å². The molecule has 0 bridgehead atoms. The highest BCUT2D eigenvalue weighted by molar-refractivity contribution is 7.92. The summed E-state index contributed by atoms with van der Waals surface area (Å²) in [6.07, 6.45) is 0. The van der Waals surface area contributed by atoms with E-state index in [2.05, 4.69) is 23.7 Å². The lowest BCUT2D eigenvalue weighted by Crippen LogP contribution is -2.14. The summed E-state index contributed by atoms with van der Waals surface area (Å²) >= 11 is 0. The van der Waals surface area contributed by atoms with Crippen LogP contribution in [0.3, 0.4) is 0 Å². The van der Waals surface area contributed by atoms with E-state index in [1.807, 2.05) is 0 Å². The topological polar surface area (TPSA) is 198 Å². The highest BCUT2D eigenvalue weighted by atomic mass is 32.2. The molecule has 0 heterocycles. The summed E-state index contributed by atoms with van der Waals surface area (Å²) in [4.78, 5) is 0.224. The first-order chi connectivity index (χ1) is 41.5. The largest absolute Gasteiger partial charge is 0.457 e. The average molecular weight is 1220 g/mol. The molecule has 0 saturated heterocycles. The van der Waals surface area contributed by atoms with Crippen LogP contribution < -0.4 is 28.4 Å². The summed E-state index contributed by atoms with van der Waals surface area (Å²) < 4.78 is 118. The molecule has 0 atom stereocenters. The number of benzene rings is 10. The van der Waals surface area contributed by atoms with Crippen molar-refractivity contribution < 1.29 is 63.9 Å². The van der Waals surface area contributed by atoms with Gasteiger partial charge in [-0.1, -0.05) is 47.9 Å². The number of ether oxygens (including phenoxy) is 6. The monoisotopic (exact) mass is 1210 g/mol. The van der Waals surface area contributed by atoms with Crippen LogP contribution in [0.25, 0.3) is 0 Å². The fourth-order valence-electron chi connectivity index (χ4n) is 8.27. The third kappa shape index (κ3) is 15.6. The van der Waals surface area contributed by atoms with Crippen molar-refractivity contribution in [3.05, 3.63) is 254 Å². The normalized spacial score (nSPS) is 11.7. The Kier molecular flexibility index (Phi) is 17.4. The van der Waals surface area contributed by atoms with E-state index < -0.39 is 40.7 Å². The minimum atomic E-state index is -4.08. The summed E-state index contributed by atoms with van der Waals surface area (Å²) in [7, 11) is -11.8. The van der Waals surface area contributed by atoms with Crippen molar-refractivity contribution in [3.8, 4) is 92.7 Å². The van der Waals surface area contributed by atoms with Crippen molar-refractivity contribution in [2.45, 2.75) is 68.3 Å². The van der Waals surface area contributed by atoms with E-state index in [4.69, 9.17) is 28.4 Å². The molecular formula is C70H54O14S3. The van der Waals surface area contributed by atoms with Gasteiger partial charge in [0, 0.05) is 11.1 Å². The van der Waals surface area contributed by atoms with Gasteiger partial charge in [-0.15, -0.1) is 0 Å². The first-order valence-electron chi connectivity index (χ1n) is 26.8. The van der Waals surface area contributed by atoms with E-state index in [-0.39, 0.29) is 35.1 Å². The Bertz CT molecular complexity index is 4570. The SMILES string of the molecule is CC(C)(O)C#Cc1cccc(Oc2ccc(S(=O)(=O)c3ccc(Oc4ccc(Oc5ccc(S(=O)(=O)c6ccccc6Oc6ccc(Oc7ccc(S(=O)(=O)c8ccc(Oc9cccc(C#CC(C)(C)O)c9)cc8)cc7)cc6)cc5)cc4)cc3)cc2)c1. The zero-order valence-corrected chi connectivity index (χ0v) is 49.6. The molecule has 0 fully saturated rings. The molecule has 0 unspecified atom stereocenters. The van der Waals surface area contributed by atoms with Crippen LogP contribution in [0.5, 0.6) is 69.0 Å². The first kappa shape index (κ1) is 60.0. The second kappa shape index (κ2) is 25.2. The summed E-state index contributed by atoms with van der Waals surface area (Å²) in [5.74, 6) is 16.1. The van der Waals surface area contributed by atoms with E-state index >= 15 is 0 Å². The molecule has 0 amide bonds. The Morgan fingerprint density at radius 1 is 0.287 bits per heavy atom. The molecular weight excluding hydrogens is 1160 g/mol. The van der Waals surface area contributed by atoms with Gasteiger partial charge in [-0.25, -0.2) is 25.3 Å². The lowest BCUT2D eigenvalue weighted by Gasteiger charge is -2.13. The van der Waals surface area contributed by atoms with Gasteiger partial charge in [0.15, 0.2) is 0 Å². The summed E-state index contributed by atoms with van der Waals surface area (Å²) in [5.41, 5.74) is -0.986. The van der Waals surface area contributed by atoms with Crippen molar-refractivity contribution in [1.82, 2.24) is 0 Å². The van der Waals surface area contributed by atoms with Crippen LogP contribution in [0.15, 0.2) is 272 Å². The zero-order chi connectivity index (χ0) is 61.4. The van der Waals surface area contributed by atoms with Gasteiger partial charge < -0.3 is 38.6 Å². The predicted molar refractivity (Wildman–Crippen MR) is 328 cm³/mol. The van der Waals surface area contributed by atoms with E-state index in [1.165, 1.54) is 66.7 Å². The van der Waals surface area contributed by atoms with Crippen LogP contribution in [0.4, 0.5) is 0 Å². The lowest BCUT2D eigenvalue weighted by atomic mass is 10.1. The van der Waals surface area contributed by atoms with Crippen LogP contribution in [0.2, 0.25) is 0 Å². The number of hydrogen-bond acceptors (Lipinski definition) is 14. The highest BCUT2D eigenvalue weighted by Crippen LogP contribution is 2.37. The number of para-hydroxylation sites is 1. The van der Waals surface area contributed by atoms with Gasteiger partial charge in [0.05, 0.1) is 24.5 Å². The van der Waals surface area contributed by atoms with Crippen molar-refractivity contribution in [2.24, 2.45) is 0 Å². The van der Waals surface area contributed by atoms with E-state index in [1.54, 1.807) is 204 Å². The number of aliphatic hydroxyl groups is 2. The lowest BCUT2D eigenvalue weighted by molar-refractivity contribution is 0.143. The Morgan fingerprint density at radius 2 is 0.540 bits per heavy atom. The summed E-state index contributed by atoms with van der Waals surface area (Å²) in [6, 6.07) is 63.7. The van der Waals surface area contributed by atoms with Crippen LogP contribution in [0, 0.1) is 23.7 Å². The molecule has 0 spiro atoms. The van der Waals surface area contributed by atoms with Gasteiger partial charge in [0.25, 0.3) is 0 Å². The molecule has 0 aromatic heterocycles. The van der Waals surface area contributed by atoms with Gasteiger partial charge in [0.1, 0.15) is 85.1 Å². The maximum Gasteiger partial charge on any atom is 0.210 e. The highest BCUT2D eigenvalue weighted by Gasteiger charge is 2.24. The van der Waals surface area contributed by atoms with Crippen LogP contribution in [0.1, 0.15) is 38.8 Å². The molecule has 10 rings (SSSR count). The van der Waals surface area contributed by atoms with Crippen LogP contribution >= 0.6 is 0 Å². The molecule has 0 radical (unpaired) electrons. The molecule has 10 aromatic rings. The molecule has 0 aliphatic rings. The van der Waals surface area contributed by atoms with Gasteiger partial charge in [-0.05, 0) is 246 Å². The number of rotatable bonds is 18. The van der Waals surface area contributed by atoms with Crippen molar-refractivity contribution >= 4 is 29.5 Å². The second-order valence-electron chi connectivity index (χ2n) is 20.5. The van der Waals surface area contributed by atoms with Gasteiger partial charge in [0.2, 0.25) is 29.5 Å². The molecule has 17 heteroatoms. The third-order valence-corrected chi connectivity index (χ3v) is 17.9. The standard InChI is InChI=1S/C70H54O14S3/c1-69(2,71)45-43-49-9-7-11-60(47-49)82-57-27-37-64(38-28-57)85(73,74)62-33-23-54(24-34-62)79-51-15-17-52(18-16-51)80-56-31-41-66(42-32-56)87(77,78)68-14-6-5-13-67(68)84-59-21-19-53(20-22-59)81-55-25-35-63(36-26-55)86(75,76)65-39-29-58(30-40-65)83-61-12-8-10-50(48-61)44-46-70(3,4)72/h5-42,47-48,71-72H,1-4H3. The molecule has 2 N–H and O–H groups in total. The maximum atomic E-state index is 14.0.